The van der Waals surface area contributed by atoms with Gasteiger partial charge in [-0.3, -0.25) is 23.6 Å². The van der Waals surface area contributed by atoms with Gasteiger partial charge in [-0.15, -0.1) is 0 Å². The van der Waals surface area contributed by atoms with Crippen LogP contribution in [0.1, 0.15) is 41.3 Å². The van der Waals surface area contributed by atoms with Gasteiger partial charge in [-0.25, -0.2) is 4.79 Å². The third-order valence-electron chi connectivity index (χ3n) is 6.52. The molecule has 9 nitrogen and oxygen atoms in total. The summed E-state index contributed by atoms with van der Waals surface area (Å²) < 4.78 is 13.2. The monoisotopic (exact) mass is 492 g/mol. The Morgan fingerprint density at radius 2 is 1.78 bits per heavy atom. The first-order valence-electron chi connectivity index (χ1n) is 12.0. The van der Waals surface area contributed by atoms with E-state index in [-0.39, 0.29) is 37.1 Å². The fraction of sp³-hybridized carbons (Fsp3) is 0.370. The first-order valence-corrected chi connectivity index (χ1v) is 12.0. The van der Waals surface area contributed by atoms with Crippen LogP contribution in [0, 0.1) is 0 Å². The lowest BCUT2D eigenvalue weighted by Gasteiger charge is -2.23. The third kappa shape index (κ3) is 5.21. The van der Waals surface area contributed by atoms with Crippen LogP contribution in [0.5, 0.6) is 11.5 Å². The Morgan fingerprint density at radius 1 is 1.06 bits per heavy atom. The molecule has 1 aliphatic carbocycles. The highest BCUT2D eigenvalue weighted by molar-refractivity contribution is 6.01. The first-order chi connectivity index (χ1) is 17.4. The van der Waals surface area contributed by atoms with Gasteiger partial charge in [0.05, 0.1) is 27.3 Å². The number of hydrogen-bond acceptors (Lipinski definition) is 7. The Kier molecular flexibility index (Phi) is 7.59. The normalized spacial score (nSPS) is 13.1. The lowest BCUT2D eigenvalue weighted by Crippen LogP contribution is -2.45. The molecule has 2 aromatic carbocycles. The van der Waals surface area contributed by atoms with Gasteiger partial charge >= 0.3 is 5.69 Å². The van der Waals surface area contributed by atoms with E-state index in [4.69, 9.17) is 15.2 Å². The van der Waals surface area contributed by atoms with Crippen LogP contribution in [0.3, 0.4) is 0 Å². The van der Waals surface area contributed by atoms with E-state index in [9.17, 15) is 14.4 Å². The predicted molar refractivity (Wildman–Crippen MR) is 138 cm³/mol. The number of aromatic nitrogens is 2. The van der Waals surface area contributed by atoms with Crippen LogP contribution in [-0.2, 0) is 19.6 Å². The van der Waals surface area contributed by atoms with Crippen molar-refractivity contribution in [2.75, 3.05) is 26.5 Å². The van der Waals surface area contributed by atoms with E-state index >= 15 is 0 Å². The molecule has 1 aromatic heterocycles. The molecule has 2 N–H and O–H groups in total. The molecule has 0 radical (unpaired) electrons. The molecule has 0 atom stereocenters. The molecule has 1 fully saturated rings. The van der Waals surface area contributed by atoms with Gasteiger partial charge in [0.25, 0.3) is 5.56 Å². The van der Waals surface area contributed by atoms with Gasteiger partial charge in [-0.1, -0.05) is 30.3 Å². The van der Waals surface area contributed by atoms with Crippen LogP contribution in [0.15, 0.2) is 58.1 Å². The SMILES string of the molecule is CCn1c(=O)c(C(=O)CN(Cc2cc(OC)ccc2OC)C2CC2)c(N)n(Cc2ccccc2)c1=O. The van der Waals surface area contributed by atoms with Crippen molar-refractivity contribution in [3.8, 4) is 11.5 Å². The summed E-state index contributed by atoms with van der Waals surface area (Å²) in [6.07, 6.45) is 1.92. The highest BCUT2D eigenvalue weighted by atomic mass is 16.5. The fourth-order valence-electron chi connectivity index (χ4n) is 4.42. The second kappa shape index (κ2) is 10.8. The van der Waals surface area contributed by atoms with Gasteiger partial charge in [-0.05, 0) is 43.5 Å². The van der Waals surface area contributed by atoms with Crippen LogP contribution < -0.4 is 26.5 Å². The van der Waals surface area contributed by atoms with E-state index in [1.807, 2.05) is 53.4 Å². The summed E-state index contributed by atoms with van der Waals surface area (Å²) in [4.78, 5) is 41.8. The summed E-state index contributed by atoms with van der Waals surface area (Å²) in [5.74, 6) is 0.877. The van der Waals surface area contributed by atoms with E-state index in [0.717, 1.165) is 28.5 Å². The number of nitrogens with two attached hydrogens (primary N) is 1. The first kappa shape index (κ1) is 25.2. The van der Waals surface area contributed by atoms with Crippen LogP contribution in [0.25, 0.3) is 0 Å². The Hall–Kier alpha value is -3.85. The Morgan fingerprint density at radius 3 is 2.39 bits per heavy atom. The maximum atomic E-state index is 13.6. The van der Waals surface area contributed by atoms with Gasteiger partial charge in [0.1, 0.15) is 22.9 Å². The maximum Gasteiger partial charge on any atom is 0.332 e. The molecule has 0 amide bonds. The van der Waals surface area contributed by atoms with E-state index in [0.29, 0.717) is 18.0 Å². The van der Waals surface area contributed by atoms with Crippen LogP contribution >= 0.6 is 0 Å². The lowest BCUT2D eigenvalue weighted by molar-refractivity contribution is 0.0916. The average Bonchev–Trinajstić information content (AvgIpc) is 3.73. The van der Waals surface area contributed by atoms with Crippen molar-refractivity contribution in [1.82, 2.24) is 14.0 Å². The minimum absolute atomic E-state index is 0.00226. The molecule has 3 aromatic rings. The number of ether oxygens (including phenoxy) is 2. The Bertz CT molecular complexity index is 1360. The molecular weight excluding hydrogens is 460 g/mol. The molecule has 36 heavy (non-hydrogen) atoms. The summed E-state index contributed by atoms with van der Waals surface area (Å²) >= 11 is 0. The van der Waals surface area contributed by atoms with Crippen LogP contribution in [0.4, 0.5) is 5.82 Å². The molecule has 0 bridgehead atoms. The Labute approximate surface area is 209 Å². The van der Waals surface area contributed by atoms with Crippen molar-refractivity contribution in [2.24, 2.45) is 0 Å². The zero-order valence-electron chi connectivity index (χ0n) is 20.9. The predicted octanol–water partition coefficient (Wildman–Crippen LogP) is 2.52. The number of nitrogen functional groups attached to an aromatic ring is 1. The number of methoxy groups -OCH3 is 2. The van der Waals surface area contributed by atoms with E-state index < -0.39 is 17.0 Å². The number of nitrogens with zero attached hydrogens (tertiary/aromatic N) is 3. The third-order valence-corrected chi connectivity index (χ3v) is 6.52. The molecule has 9 heteroatoms. The van der Waals surface area contributed by atoms with Gasteiger partial charge in [0.2, 0.25) is 0 Å². The highest BCUT2D eigenvalue weighted by Crippen LogP contribution is 2.32. The van der Waals surface area contributed by atoms with Gasteiger partial charge in [-0.2, -0.15) is 0 Å². The van der Waals surface area contributed by atoms with Crippen molar-refractivity contribution < 1.29 is 14.3 Å². The van der Waals surface area contributed by atoms with Crippen molar-refractivity contribution in [3.05, 3.63) is 86.1 Å². The fourth-order valence-corrected chi connectivity index (χ4v) is 4.42. The smallest absolute Gasteiger partial charge is 0.332 e. The van der Waals surface area contributed by atoms with Crippen LogP contribution in [-0.4, -0.2) is 46.6 Å². The maximum absolute atomic E-state index is 13.6. The molecule has 0 unspecified atom stereocenters. The summed E-state index contributed by atoms with van der Waals surface area (Å²) in [6, 6.07) is 15.1. The highest BCUT2D eigenvalue weighted by Gasteiger charge is 2.33. The summed E-state index contributed by atoms with van der Waals surface area (Å²) in [7, 11) is 3.20. The molecule has 4 rings (SSSR count). The zero-order valence-corrected chi connectivity index (χ0v) is 20.9. The number of ketones is 1. The molecule has 0 saturated heterocycles. The van der Waals surface area contributed by atoms with Crippen molar-refractivity contribution >= 4 is 11.6 Å². The number of carbonyl (C=O) groups is 1. The molecule has 1 aliphatic rings. The summed E-state index contributed by atoms with van der Waals surface area (Å²) in [5, 5.41) is 0. The summed E-state index contributed by atoms with van der Waals surface area (Å²) in [5.41, 5.74) is 6.74. The quantitative estimate of drug-likeness (QED) is 0.410. The molecule has 0 spiro atoms. The molecular formula is C27H32N4O5. The number of anilines is 1. The number of Topliss-reactive ketones (excluding diaryl/α,β-unsaturated/α-hetero) is 1. The molecule has 1 heterocycles. The standard InChI is InChI=1S/C27H32N4O5/c1-4-30-26(33)24(25(28)31(27(30)34)15-18-8-6-5-7-9-18)22(32)17-29(20-10-11-20)16-19-14-21(35-2)12-13-23(19)36-3/h5-9,12-14,20H,4,10-11,15-17,28H2,1-3H3. The van der Waals surface area contributed by atoms with E-state index in [2.05, 4.69) is 0 Å². The second-order valence-electron chi connectivity index (χ2n) is 8.90. The molecule has 190 valence electrons. The minimum atomic E-state index is -0.649. The van der Waals surface area contributed by atoms with Crippen molar-refractivity contribution in [1.29, 1.82) is 0 Å². The minimum Gasteiger partial charge on any atom is -0.497 e. The average molecular weight is 493 g/mol. The zero-order chi connectivity index (χ0) is 25.8. The van der Waals surface area contributed by atoms with Crippen LogP contribution in [0.2, 0.25) is 0 Å². The van der Waals surface area contributed by atoms with Gasteiger partial charge < -0.3 is 15.2 Å². The Balaban J connectivity index is 1.68. The number of benzene rings is 2. The second-order valence-corrected chi connectivity index (χ2v) is 8.90. The molecule has 1 saturated carbocycles. The number of rotatable bonds is 11. The largest absolute Gasteiger partial charge is 0.497 e. The summed E-state index contributed by atoms with van der Waals surface area (Å²) in [6.45, 7) is 2.45. The van der Waals surface area contributed by atoms with Crippen molar-refractivity contribution in [2.45, 2.75) is 45.4 Å². The lowest BCUT2D eigenvalue weighted by atomic mass is 10.1. The van der Waals surface area contributed by atoms with Gasteiger partial charge in [0.15, 0.2) is 5.78 Å². The van der Waals surface area contributed by atoms with Crippen molar-refractivity contribution in [3.63, 3.8) is 0 Å². The van der Waals surface area contributed by atoms with Gasteiger partial charge in [0, 0.05) is 24.7 Å². The molecule has 0 aliphatic heterocycles. The number of carbonyl (C=O) groups excluding carboxylic acids is 1. The topological polar surface area (TPSA) is 109 Å². The van der Waals surface area contributed by atoms with E-state index in [1.165, 1.54) is 4.57 Å². The van der Waals surface area contributed by atoms with E-state index in [1.54, 1.807) is 21.1 Å². The number of hydrogen-bond donors (Lipinski definition) is 1.